The van der Waals surface area contributed by atoms with Gasteiger partial charge in [0.1, 0.15) is 5.75 Å². The zero-order valence-corrected chi connectivity index (χ0v) is 14.2. The Balaban J connectivity index is 1.74. The molecule has 3 rings (SSSR count). The van der Waals surface area contributed by atoms with E-state index < -0.39 is 0 Å². The SMILES string of the molecule is COc1ccccc1[C@@H](C)N(C)C(=O)Cc1cn2ccsc2n1. The second kappa shape index (κ2) is 6.42. The number of aromatic nitrogens is 2. The molecular formula is C17H19N3O2S. The van der Waals surface area contributed by atoms with Gasteiger partial charge >= 0.3 is 0 Å². The topological polar surface area (TPSA) is 46.8 Å². The molecule has 0 saturated carbocycles. The van der Waals surface area contributed by atoms with Gasteiger partial charge in [0.15, 0.2) is 4.96 Å². The van der Waals surface area contributed by atoms with Gasteiger partial charge in [0.25, 0.3) is 0 Å². The zero-order chi connectivity index (χ0) is 16.4. The van der Waals surface area contributed by atoms with Crippen molar-refractivity contribution >= 4 is 22.2 Å². The second-order valence-corrected chi connectivity index (χ2v) is 6.30. The third kappa shape index (κ3) is 3.07. The van der Waals surface area contributed by atoms with Gasteiger partial charge in [0.05, 0.1) is 25.3 Å². The van der Waals surface area contributed by atoms with Gasteiger partial charge in [-0.25, -0.2) is 4.98 Å². The van der Waals surface area contributed by atoms with E-state index in [1.165, 1.54) is 0 Å². The first kappa shape index (κ1) is 15.6. The van der Waals surface area contributed by atoms with E-state index in [0.29, 0.717) is 6.42 Å². The first-order chi connectivity index (χ1) is 11.1. The fourth-order valence-corrected chi connectivity index (χ4v) is 3.30. The highest BCUT2D eigenvalue weighted by molar-refractivity contribution is 7.15. The van der Waals surface area contributed by atoms with Crippen molar-refractivity contribution in [2.75, 3.05) is 14.2 Å². The molecule has 0 aliphatic rings. The molecule has 0 unspecified atom stereocenters. The number of hydrogen-bond donors (Lipinski definition) is 0. The molecule has 0 N–H and O–H groups in total. The first-order valence-corrected chi connectivity index (χ1v) is 8.27. The first-order valence-electron chi connectivity index (χ1n) is 7.40. The van der Waals surface area contributed by atoms with Crippen molar-refractivity contribution < 1.29 is 9.53 Å². The molecule has 0 radical (unpaired) electrons. The molecule has 0 saturated heterocycles. The minimum Gasteiger partial charge on any atom is -0.496 e. The lowest BCUT2D eigenvalue weighted by atomic mass is 10.1. The molecule has 5 nitrogen and oxygen atoms in total. The van der Waals surface area contributed by atoms with Gasteiger partial charge in [0.2, 0.25) is 5.91 Å². The lowest BCUT2D eigenvalue weighted by Crippen LogP contribution is -2.31. The van der Waals surface area contributed by atoms with Gasteiger partial charge in [-0.15, -0.1) is 11.3 Å². The number of para-hydroxylation sites is 1. The molecule has 0 bridgehead atoms. The highest BCUT2D eigenvalue weighted by Gasteiger charge is 2.21. The molecule has 2 aromatic heterocycles. The number of nitrogens with zero attached hydrogens (tertiary/aromatic N) is 3. The highest BCUT2D eigenvalue weighted by atomic mass is 32.1. The van der Waals surface area contributed by atoms with Crippen LogP contribution in [0.25, 0.3) is 4.96 Å². The number of amides is 1. The summed E-state index contributed by atoms with van der Waals surface area (Å²) < 4.78 is 7.33. The van der Waals surface area contributed by atoms with Gasteiger partial charge < -0.3 is 9.64 Å². The van der Waals surface area contributed by atoms with Crippen LogP contribution in [0.1, 0.15) is 24.2 Å². The largest absolute Gasteiger partial charge is 0.496 e. The van der Waals surface area contributed by atoms with Crippen molar-refractivity contribution in [3.05, 3.63) is 53.3 Å². The fraction of sp³-hybridized carbons (Fsp3) is 0.294. The molecular weight excluding hydrogens is 310 g/mol. The summed E-state index contributed by atoms with van der Waals surface area (Å²) in [6.45, 7) is 2.00. The number of rotatable bonds is 5. The van der Waals surface area contributed by atoms with Crippen molar-refractivity contribution in [3.63, 3.8) is 0 Å². The molecule has 2 heterocycles. The number of thiazole rings is 1. The van der Waals surface area contributed by atoms with Gasteiger partial charge in [-0.05, 0) is 13.0 Å². The van der Waals surface area contributed by atoms with Crippen LogP contribution in [-0.4, -0.2) is 34.3 Å². The lowest BCUT2D eigenvalue weighted by Gasteiger charge is -2.26. The predicted octanol–water partition coefficient (Wildman–Crippen LogP) is 3.17. The normalized spacial score (nSPS) is 12.3. The molecule has 0 aliphatic heterocycles. The summed E-state index contributed by atoms with van der Waals surface area (Å²) in [5.41, 5.74) is 1.79. The van der Waals surface area contributed by atoms with E-state index in [1.807, 2.05) is 60.4 Å². The Hall–Kier alpha value is -2.34. The third-order valence-electron chi connectivity index (χ3n) is 4.04. The average Bonchev–Trinajstić information content (AvgIpc) is 3.14. The van der Waals surface area contributed by atoms with E-state index in [2.05, 4.69) is 4.98 Å². The minimum atomic E-state index is -0.0672. The Bertz CT molecular complexity index is 795. The smallest absolute Gasteiger partial charge is 0.228 e. The number of carbonyl (C=O) groups excluding carboxylic acids is 1. The Morgan fingerprint density at radius 2 is 2.22 bits per heavy atom. The molecule has 6 heteroatoms. The number of methoxy groups -OCH3 is 1. The van der Waals surface area contributed by atoms with E-state index in [1.54, 1.807) is 23.3 Å². The van der Waals surface area contributed by atoms with Crippen LogP contribution in [0, 0.1) is 0 Å². The minimum absolute atomic E-state index is 0.0363. The summed E-state index contributed by atoms with van der Waals surface area (Å²) in [7, 11) is 3.46. The maximum absolute atomic E-state index is 12.6. The number of imidazole rings is 1. The Morgan fingerprint density at radius 1 is 1.43 bits per heavy atom. The van der Waals surface area contributed by atoms with Crippen LogP contribution in [0.5, 0.6) is 5.75 Å². The number of ether oxygens (including phenoxy) is 1. The second-order valence-electron chi connectivity index (χ2n) is 5.42. The van der Waals surface area contributed by atoms with Crippen LogP contribution in [0.3, 0.4) is 0 Å². The maximum atomic E-state index is 12.6. The van der Waals surface area contributed by atoms with Crippen LogP contribution in [0.2, 0.25) is 0 Å². The van der Waals surface area contributed by atoms with Gasteiger partial charge in [-0.2, -0.15) is 0 Å². The Morgan fingerprint density at radius 3 is 2.96 bits per heavy atom. The third-order valence-corrected chi connectivity index (χ3v) is 4.81. The molecule has 23 heavy (non-hydrogen) atoms. The summed E-state index contributed by atoms with van der Waals surface area (Å²) >= 11 is 1.56. The summed E-state index contributed by atoms with van der Waals surface area (Å²) in [5.74, 6) is 0.830. The van der Waals surface area contributed by atoms with E-state index >= 15 is 0 Å². The molecule has 0 fully saturated rings. The van der Waals surface area contributed by atoms with Gasteiger partial charge in [0, 0.05) is 30.4 Å². The number of likely N-dealkylation sites (N-methyl/N-ethyl adjacent to an activating group) is 1. The van der Waals surface area contributed by atoms with Crippen LogP contribution in [-0.2, 0) is 11.2 Å². The van der Waals surface area contributed by atoms with E-state index in [9.17, 15) is 4.79 Å². The summed E-state index contributed by atoms with van der Waals surface area (Å²) in [6.07, 6.45) is 4.15. The van der Waals surface area contributed by atoms with Crippen LogP contribution in [0.4, 0.5) is 0 Å². The Labute approximate surface area is 139 Å². The molecule has 1 atom stereocenters. The average molecular weight is 329 g/mol. The molecule has 0 aliphatic carbocycles. The number of carbonyl (C=O) groups is 1. The summed E-state index contributed by atoms with van der Waals surface area (Å²) in [6, 6.07) is 7.71. The van der Waals surface area contributed by atoms with Crippen molar-refractivity contribution in [2.24, 2.45) is 0 Å². The van der Waals surface area contributed by atoms with Crippen molar-refractivity contribution in [1.82, 2.24) is 14.3 Å². The van der Waals surface area contributed by atoms with Crippen molar-refractivity contribution in [2.45, 2.75) is 19.4 Å². The molecule has 1 amide bonds. The molecule has 120 valence electrons. The fourth-order valence-electron chi connectivity index (χ4n) is 2.58. The summed E-state index contributed by atoms with van der Waals surface area (Å²) in [4.78, 5) is 19.7. The van der Waals surface area contributed by atoms with E-state index in [-0.39, 0.29) is 11.9 Å². The summed E-state index contributed by atoms with van der Waals surface area (Å²) in [5, 5.41) is 1.98. The van der Waals surface area contributed by atoms with E-state index in [0.717, 1.165) is 22.0 Å². The Kier molecular flexibility index (Phi) is 4.34. The number of benzene rings is 1. The van der Waals surface area contributed by atoms with Crippen LogP contribution >= 0.6 is 11.3 Å². The predicted molar refractivity (Wildman–Crippen MR) is 91.0 cm³/mol. The molecule has 0 spiro atoms. The molecule has 1 aromatic carbocycles. The maximum Gasteiger partial charge on any atom is 0.228 e. The standard InChI is InChI=1S/C17H19N3O2S/c1-12(14-6-4-5-7-15(14)22-3)19(2)16(21)10-13-11-20-8-9-23-17(20)18-13/h4-9,11-12H,10H2,1-3H3/t12-/m1/s1. The zero-order valence-electron chi connectivity index (χ0n) is 13.4. The van der Waals surface area contributed by atoms with E-state index in [4.69, 9.17) is 4.74 Å². The number of fused-ring (bicyclic) bond motifs is 1. The highest BCUT2D eigenvalue weighted by Crippen LogP contribution is 2.28. The number of hydrogen-bond acceptors (Lipinski definition) is 4. The monoisotopic (exact) mass is 329 g/mol. The van der Waals surface area contributed by atoms with Gasteiger partial charge in [-0.3, -0.25) is 9.20 Å². The lowest BCUT2D eigenvalue weighted by molar-refractivity contribution is -0.131. The van der Waals surface area contributed by atoms with Crippen molar-refractivity contribution in [1.29, 1.82) is 0 Å². The molecule has 3 aromatic rings. The quantitative estimate of drug-likeness (QED) is 0.722. The van der Waals surface area contributed by atoms with Gasteiger partial charge in [-0.1, -0.05) is 18.2 Å². The van der Waals surface area contributed by atoms with Crippen molar-refractivity contribution in [3.8, 4) is 5.75 Å². The van der Waals surface area contributed by atoms with Crippen LogP contribution < -0.4 is 4.74 Å². The van der Waals surface area contributed by atoms with Crippen LogP contribution in [0.15, 0.2) is 42.0 Å².